The van der Waals surface area contributed by atoms with E-state index < -0.39 is 0 Å². The fourth-order valence-corrected chi connectivity index (χ4v) is 2.45. The maximum absolute atomic E-state index is 9.07. The molecule has 1 aliphatic heterocycles. The lowest BCUT2D eigenvalue weighted by Crippen LogP contribution is -2.46. The van der Waals surface area contributed by atoms with Gasteiger partial charge in [0.1, 0.15) is 0 Å². The molecule has 3 heteroatoms. The molecule has 1 unspecified atom stereocenters. The number of aliphatic hydroxyl groups is 1. The Morgan fingerprint density at radius 1 is 1.40 bits per heavy atom. The summed E-state index contributed by atoms with van der Waals surface area (Å²) in [5, 5.41) is 9.07. The van der Waals surface area contributed by atoms with Crippen LogP contribution in [0, 0.1) is 0 Å². The molecule has 0 aromatic heterocycles. The Hall–Kier alpha value is -0.120. The van der Waals surface area contributed by atoms with Gasteiger partial charge in [0.05, 0.1) is 0 Å². The zero-order valence-electron chi connectivity index (χ0n) is 10.7. The van der Waals surface area contributed by atoms with Crippen molar-refractivity contribution in [3.05, 3.63) is 0 Å². The van der Waals surface area contributed by atoms with Gasteiger partial charge in [-0.1, -0.05) is 6.92 Å². The van der Waals surface area contributed by atoms with Gasteiger partial charge in [0.15, 0.2) is 0 Å². The van der Waals surface area contributed by atoms with E-state index in [1.807, 2.05) is 0 Å². The zero-order chi connectivity index (χ0) is 11.5. The first kappa shape index (κ1) is 12.9. The third-order valence-electron chi connectivity index (χ3n) is 3.83. The van der Waals surface area contributed by atoms with Crippen LogP contribution >= 0.6 is 0 Å². The summed E-state index contributed by atoms with van der Waals surface area (Å²) in [6.07, 6.45) is 2.10. The predicted molar refractivity (Wildman–Crippen MR) is 64.1 cm³/mol. The van der Waals surface area contributed by atoms with Crippen LogP contribution in [0.1, 0.15) is 33.6 Å². The molecule has 0 aliphatic carbocycles. The molecule has 1 atom stereocenters. The first-order chi connectivity index (χ1) is 7.01. The van der Waals surface area contributed by atoms with Crippen molar-refractivity contribution in [1.82, 2.24) is 9.80 Å². The smallest absolute Gasteiger partial charge is 0.0446 e. The second kappa shape index (κ2) is 5.28. The fourth-order valence-electron chi connectivity index (χ4n) is 2.45. The lowest BCUT2D eigenvalue weighted by Gasteiger charge is -2.37. The molecule has 1 N–H and O–H groups in total. The molecule has 0 radical (unpaired) electrons. The molecule has 0 aromatic rings. The SMILES string of the molecule is CCN1CC(CCO)N(C)CCC1(C)C. The van der Waals surface area contributed by atoms with E-state index in [2.05, 4.69) is 37.6 Å². The number of rotatable bonds is 3. The van der Waals surface area contributed by atoms with Crippen LogP contribution in [-0.4, -0.2) is 59.8 Å². The van der Waals surface area contributed by atoms with Gasteiger partial charge in [-0.25, -0.2) is 0 Å². The van der Waals surface area contributed by atoms with E-state index in [-0.39, 0.29) is 0 Å². The minimum Gasteiger partial charge on any atom is -0.396 e. The van der Waals surface area contributed by atoms with Crippen molar-refractivity contribution in [2.24, 2.45) is 0 Å². The van der Waals surface area contributed by atoms with Gasteiger partial charge < -0.3 is 10.0 Å². The quantitative estimate of drug-likeness (QED) is 0.764. The second-order valence-electron chi connectivity index (χ2n) is 5.25. The number of hydrogen-bond acceptors (Lipinski definition) is 3. The summed E-state index contributed by atoms with van der Waals surface area (Å²) in [6, 6.07) is 0.511. The summed E-state index contributed by atoms with van der Waals surface area (Å²) in [5.41, 5.74) is 0.299. The highest BCUT2D eigenvalue weighted by Gasteiger charge is 2.32. The first-order valence-corrected chi connectivity index (χ1v) is 6.07. The maximum Gasteiger partial charge on any atom is 0.0446 e. The van der Waals surface area contributed by atoms with Crippen LogP contribution in [0.4, 0.5) is 0 Å². The fraction of sp³-hybridized carbons (Fsp3) is 1.00. The lowest BCUT2D eigenvalue weighted by atomic mass is 9.98. The number of nitrogens with zero attached hydrogens (tertiary/aromatic N) is 2. The monoisotopic (exact) mass is 214 g/mol. The molecule has 0 aromatic carbocycles. The van der Waals surface area contributed by atoms with Crippen LogP contribution < -0.4 is 0 Å². The Kier molecular flexibility index (Phi) is 4.56. The molecule has 0 saturated carbocycles. The predicted octanol–water partition coefficient (Wildman–Crippen LogP) is 1.17. The summed E-state index contributed by atoms with van der Waals surface area (Å²) in [4.78, 5) is 4.93. The highest BCUT2D eigenvalue weighted by molar-refractivity contribution is 4.89. The Bertz CT molecular complexity index is 194. The highest BCUT2D eigenvalue weighted by Crippen LogP contribution is 2.24. The Balaban J connectivity index is 2.70. The molecule has 1 rings (SSSR count). The number of likely N-dealkylation sites (N-methyl/N-ethyl adjacent to an activating group) is 2. The van der Waals surface area contributed by atoms with Gasteiger partial charge in [-0.05, 0) is 46.8 Å². The zero-order valence-corrected chi connectivity index (χ0v) is 10.7. The Labute approximate surface area is 94.1 Å². The van der Waals surface area contributed by atoms with Crippen molar-refractivity contribution in [2.45, 2.75) is 45.2 Å². The third-order valence-corrected chi connectivity index (χ3v) is 3.83. The lowest BCUT2D eigenvalue weighted by molar-refractivity contribution is 0.113. The first-order valence-electron chi connectivity index (χ1n) is 6.07. The van der Waals surface area contributed by atoms with Crippen LogP contribution in [0.25, 0.3) is 0 Å². The molecule has 0 spiro atoms. The van der Waals surface area contributed by atoms with Crippen LogP contribution in [0.3, 0.4) is 0 Å². The minimum absolute atomic E-state index is 0.299. The Morgan fingerprint density at radius 3 is 2.60 bits per heavy atom. The van der Waals surface area contributed by atoms with E-state index in [1.54, 1.807) is 0 Å². The van der Waals surface area contributed by atoms with E-state index in [4.69, 9.17) is 5.11 Å². The molecule has 1 saturated heterocycles. The summed E-state index contributed by atoms with van der Waals surface area (Å²) in [7, 11) is 2.18. The third kappa shape index (κ3) is 3.16. The van der Waals surface area contributed by atoms with Crippen molar-refractivity contribution in [3.63, 3.8) is 0 Å². The molecule has 1 heterocycles. The topological polar surface area (TPSA) is 26.7 Å². The van der Waals surface area contributed by atoms with Crippen molar-refractivity contribution >= 4 is 0 Å². The molecule has 15 heavy (non-hydrogen) atoms. The van der Waals surface area contributed by atoms with E-state index >= 15 is 0 Å². The summed E-state index contributed by atoms with van der Waals surface area (Å²) < 4.78 is 0. The van der Waals surface area contributed by atoms with Crippen molar-refractivity contribution in [2.75, 3.05) is 33.3 Å². The standard InChI is InChI=1S/C12H26N2O/c1-5-14-10-11(6-9-15)13(4)8-7-12(14,2)3/h11,15H,5-10H2,1-4H3. The second-order valence-corrected chi connectivity index (χ2v) is 5.25. The molecule has 1 aliphatic rings. The van der Waals surface area contributed by atoms with Crippen LogP contribution in [0.2, 0.25) is 0 Å². The van der Waals surface area contributed by atoms with Gasteiger partial charge in [0.2, 0.25) is 0 Å². The number of aliphatic hydroxyl groups excluding tert-OH is 1. The summed E-state index contributed by atoms with van der Waals surface area (Å²) in [5.74, 6) is 0. The number of hydrogen-bond donors (Lipinski definition) is 1. The van der Waals surface area contributed by atoms with Gasteiger partial charge in [0, 0.05) is 24.7 Å². The average Bonchev–Trinajstić information content (AvgIpc) is 2.29. The van der Waals surface area contributed by atoms with Gasteiger partial charge in [0.25, 0.3) is 0 Å². The summed E-state index contributed by atoms with van der Waals surface area (Å²) >= 11 is 0. The van der Waals surface area contributed by atoms with Crippen LogP contribution in [0.5, 0.6) is 0 Å². The molecular formula is C12H26N2O. The van der Waals surface area contributed by atoms with Gasteiger partial charge in [-0.2, -0.15) is 0 Å². The molecule has 0 bridgehead atoms. The molecule has 1 fully saturated rings. The van der Waals surface area contributed by atoms with Gasteiger partial charge in [-0.15, -0.1) is 0 Å². The maximum atomic E-state index is 9.07. The normalized spacial score (nSPS) is 29.0. The molecule has 3 nitrogen and oxygen atoms in total. The average molecular weight is 214 g/mol. The van der Waals surface area contributed by atoms with Crippen molar-refractivity contribution in [1.29, 1.82) is 0 Å². The minimum atomic E-state index is 0.299. The molecular weight excluding hydrogens is 188 g/mol. The highest BCUT2D eigenvalue weighted by atomic mass is 16.3. The van der Waals surface area contributed by atoms with E-state index in [9.17, 15) is 0 Å². The van der Waals surface area contributed by atoms with E-state index in [0.29, 0.717) is 18.2 Å². The van der Waals surface area contributed by atoms with Crippen molar-refractivity contribution < 1.29 is 5.11 Å². The van der Waals surface area contributed by atoms with E-state index in [1.165, 1.54) is 6.42 Å². The van der Waals surface area contributed by atoms with Crippen LogP contribution in [0.15, 0.2) is 0 Å². The van der Waals surface area contributed by atoms with Crippen molar-refractivity contribution in [3.8, 4) is 0 Å². The Morgan fingerprint density at radius 2 is 2.07 bits per heavy atom. The van der Waals surface area contributed by atoms with Gasteiger partial charge in [-0.3, -0.25) is 4.90 Å². The largest absolute Gasteiger partial charge is 0.396 e. The molecule has 90 valence electrons. The van der Waals surface area contributed by atoms with Gasteiger partial charge >= 0.3 is 0 Å². The summed E-state index contributed by atoms with van der Waals surface area (Å²) in [6.45, 7) is 10.5. The van der Waals surface area contributed by atoms with E-state index in [0.717, 1.165) is 26.1 Å². The van der Waals surface area contributed by atoms with Crippen LogP contribution in [-0.2, 0) is 0 Å². The molecule has 0 amide bonds.